The van der Waals surface area contributed by atoms with E-state index in [1.807, 2.05) is 24.3 Å². The normalized spacial score (nSPS) is 11.3. The SMILES string of the molecule is COc1ccc(/C=C/c2n(Cc3ccc4ccccc4c3)c(Cl)c(Cl)[n+]2Cc2ccc3ccccc3c2)cc1.[Br-]. The third-order valence-corrected chi connectivity index (χ3v) is 7.91. The highest BCUT2D eigenvalue weighted by Gasteiger charge is 2.27. The van der Waals surface area contributed by atoms with Gasteiger partial charge in [0.25, 0.3) is 16.1 Å². The monoisotopic (exact) mass is 628 g/mol. The molecule has 0 fully saturated rings. The summed E-state index contributed by atoms with van der Waals surface area (Å²) in [5.41, 5.74) is 3.36. The van der Waals surface area contributed by atoms with E-state index in [4.69, 9.17) is 27.9 Å². The van der Waals surface area contributed by atoms with Crippen molar-refractivity contribution >= 4 is 56.9 Å². The molecular formula is C34H27BrCl2N2O. The number of benzene rings is 5. The number of rotatable bonds is 7. The van der Waals surface area contributed by atoms with Gasteiger partial charge in [0.15, 0.2) is 0 Å². The van der Waals surface area contributed by atoms with Crippen LogP contribution in [-0.4, -0.2) is 11.7 Å². The maximum absolute atomic E-state index is 6.93. The lowest BCUT2D eigenvalue weighted by Crippen LogP contribution is -3.00. The third kappa shape index (κ3) is 5.80. The molecule has 0 saturated carbocycles. The second-order valence-electron chi connectivity index (χ2n) is 9.58. The zero-order chi connectivity index (χ0) is 26.8. The van der Waals surface area contributed by atoms with Gasteiger partial charge >= 0.3 is 0 Å². The minimum absolute atomic E-state index is 0. The number of aromatic nitrogens is 2. The van der Waals surface area contributed by atoms with E-state index in [1.54, 1.807) is 7.11 Å². The zero-order valence-electron chi connectivity index (χ0n) is 21.9. The zero-order valence-corrected chi connectivity index (χ0v) is 25.0. The summed E-state index contributed by atoms with van der Waals surface area (Å²) >= 11 is 13.9. The molecule has 0 atom stereocenters. The van der Waals surface area contributed by atoms with E-state index in [-0.39, 0.29) is 17.0 Å². The second kappa shape index (κ2) is 12.3. The molecule has 0 radical (unpaired) electrons. The standard InChI is InChI=1S/C34H27Cl2N2O.BrH/c1-39-31-17-12-24(13-18-31)14-19-32-37(22-25-10-15-27-6-2-4-8-29(27)20-25)33(35)34(36)38(32)23-26-11-16-28-7-3-5-9-30(28)21-26;/h2-21H,22-23H2,1H3;1H/q+1;/p-1/b19-14+;. The maximum atomic E-state index is 6.93. The van der Waals surface area contributed by atoms with Crippen molar-refractivity contribution in [2.75, 3.05) is 7.11 Å². The van der Waals surface area contributed by atoms with Crippen LogP contribution in [0.25, 0.3) is 33.7 Å². The fourth-order valence-corrected chi connectivity index (χ4v) is 5.47. The molecule has 0 aliphatic carbocycles. The number of nitrogens with zero attached hydrogens (tertiary/aromatic N) is 2. The Bertz CT molecular complexity index is 1720. The first-order chi connectivity index (χ1) is 19.1. The number of hydrogen-bond donors (Lipinski definition) is 0. The van der Waals surface area contributed by atoms with Crippen molar-refractivity contribution in [3.8, 4) is 5.75 Å². The Morgan fingerprint density at radius 3 is 1.90 bits per heavy atom. The van der Waals surface area contributed by atoms with Crippen LogP contribution in [-0.2, 0) is 13.1 Å². The summed E-state index contributed by atoms with van der Waals surface area (Å²) in [5, 5.41) is 5.85. The molecular weight excluding hydrogens is 603 g/mol. The van der Waals surface area contributed by atoms with Crippen LogP contribution >= 0.6 is 23.2 Å². The van der Waals surface area contributed by atoms with Crippen LogP contribution in [0.4, 0.5) is 0 Å². The number of imidazole rings is 1. The number of halogens is 3. The molecule has 1 heterocycles. The first-order valence-electron chi connectivity index (χ1n) is 12.8. The number of ether oxygens (including phenoxy) is 1. The van der Waals surface area contributed by atoms with E-state index >= 15 is 0 Å². The van der Waals surface area contributed by atoms with E-state index in [2.05, 4.69) is 106 Å². The van der Waals surface area contributed by atoms with Crippen molar-refractivity contribution in [1.82, 2.24) is 4.57 Å². The van der Waals surface area contributed by atoms with Gasteiger partial charge in [-0.05, 0) is 91.8 Å². The van der Waals surface area contributed by atoms with Gasteiger partial charge in [0.1, 0.15) is 18.8 Å². The average molecular weight is 630 g/mol. The Labute approximate surface area is 254 Å². The molecule has 0 bridgehead atoms. The molecule has 6 heteroatoms. The van der Waals surface area contributed by atoms with Crippen LogP contribution in [0.3, 0.4) is 0 Å². The van der Waals surface area contributed by atoms with Crippen LogP contribution in [0, 0.1) is 0 Å². The molecule has 0 unspecified atom stereocenters. The van der Waals surface area contributed by atoms with Crippen LogP contribution in [0.15, 0.2) is 109 Å². The summed E-state index contributed by atoms with van der Waals surface area (Å²) < 4.78 is 9.47. The van der Waals surface area contributed by atoms with Gasteiger partial charge in [-0.2, -0.15) is 0 Å². The molecule has 0 amide bonds. The van der Waals surface area contributed by atoms with Crippen LogP contribution in [0.2, 0.25) is 10.3 Å². The molecule has 3 nitrogen and oxygen atoms in total. The van der Waals surface area contributed by atoms with E-state index in [1.165, 1.54) is 21.5 Å². The molecule has 1 aromatic heterocycles. The summed E-state index contributed by atoms with van der Waals surface area (Å²) in [6.07, 6.45) is 4.16. The molecule has 6 aromatic rings. The van der Waals surface area contributed by atoms with Crippen LogP contribution in [0.5, 0.6) is 5.75 Å². The average Bonchev–Trinajstić information content (AvgIpc) is 3.19. The first kappa shape index (κ1) is 28.0. The highest BCUT2D eigenvalue weighted by molar-refractivity contribution is 6.40. The summed E-state index contributed by atoms with van der Waals surface area (Å²) in [6.45, 7) is 1.19. The molecule has 6 rings (SSSR count). The van der Waals surface area contributed by atoms with Crippen molar-refractivity contribution in [2.24, 2.45) is 0 Å². The Kier molecular flexibility index (Phi) is 8.60. The lowest BCUT2D eigenvalue weighted by molar-refractivity contribution is -0.687. The fourth-order valence-electron chi connectivity index (χ4n) is 4.98. The predicted octanol–water partition coefficient (Wildman–Crippen LogP) is 5.67. The fraction of sp³-hybridized carbons (Fsp3) is 0.0882. The molecule has 0 N–H and O–H groups in total. The molecule has 0 aliphatic heterocycles. The minimum Gasteiger partial charge on any atom is -1.00 e. The van der Waals surface area contributed by atoms with Gasteiger partial charge in [-0.1, -0.05) is 84.9 Å². The minimum atomic E-state index is 0. The molecule has 200 valence electrons. The second-order valence-corrected chi connectivity index (χ2v) is 10.3. The Balaban J connectivity index is 0.00000323. The lowest BCUT2D eigenvalue weighted by atomic mass is 10.1. The molecule has 0 saturated heterocycles. The van der Waals surface area contributed by atoms with Crippen molar-refractivity contribution in [2.45, 2.75) is 13.1 Å². The summed E-state index contributed by atoms with van der Waals surface area (Å²) in [7, 11) is 1.67. The van der Waals surface area contributed by atoms with Gasteiger partial charge in [0.2, 0.25) is 0 Å². The van der Waals surface area contributed by atoms with Gasteiger partial charge in [-0.15, -0.1) is 0 Å². The number of fused-ring (bicyclic) bond motifs is 2. The van der Waals surface area contributed by atoms with Gasteiger partial charge in [-0.3, -0.25) is 0 Å². The Morgan fingerprint density at radius 1 is 0.700 bits per heavy atom. The summed E-state index contributed by atoms with van der Waals surface area (Å²) in [6, 6.07) is 37.8. The highest BCUT2D eigenvalue weighted by atomic mass is 79.9. The Hall–Kier alpha value is -3.57. The molecule has 0 aliphatic rings. The van der Waals surface area contributed by atoms with Gasteiger partial charge in [-0.25, -0.2) is 9.13 Å². The van der Waals surface area contributed by atoms with Crippen molar-refractivity contribution in [3.63, 3.8) is 0 Å². The van der Waals surface area contributed by atoms with E-state index in [9.17, 15) is 0 Å². The predicted molar refractivity (Wildman–Crippen MR) is 163 cm³/mol. The van der Waals surface area contributed by atoms with Gasteiger partial charge in [0.05, 0.1) is 7.11 Å². The van der Waals surface area contributed by atoms with Gasteiger partial charge in [0, 0.05) is 6.08 Å². The third-order valence-electron chi connectivity index (χ3n) is 7.05. The molecule has 5 aromatic carbocycles. The first-order valence-corrected chi connectivity index (χ1v) is 13.6. The lowest BCUT2D eigenvalue weighted by Gasteiger charge is -2.06. The van der Waals surface area contributed by atoms with E-state index in [0.717, 1.165) is 28.3 Å². The van der Waals surface area contributed by atoms with Crippen molar-refractivity contribution < 1.29 is 26.3 Å². The van der Waals surface area contributed by atoms with Crippen LogP contribution in [0.1, 0.15) is 22.5 Å². The van der Waals surface area contributed by atoms with Crippen molar-refractivity contribution in [3.05, 3.63) is 142 Å². The largest absolute Gasteiger partial charge is 1.00 e. The van der Waals surface area contributed by atoms with Gasteiger partial charge < -0.3 is 21.7 Å². The smallest absolute Gasteiger partial charge is 0.284 e. The highest BCUT2D eigenvalue weighted by Crippen LogP contribution is 2.27. The maximum Gasteiger partial charge on any atom is 0.284 e. The summed E-state index contributed by atoms with van der Waals surface area (Å²) in [5.74, 6) is 1.74. The molecule has 0 spiro atoms. The number of hydrogen-bond acceptors (Lipinski definition) is 1. The Morgan fingerprint density at radius 2 is 1.27 bits per heavy atom. The van der Waals surface area contributed by atoms with E-state index < -0.39 is 0 Å². The van der Waals surface area contributed by atoms with Crippen LogP contribution < -0.4 is 26.3 Å². The van der Waals surface area contributed by atoms with Crippen molar-refractivity contribution in [1.29, 1.82) is 0 Å². The molecule has 40 heavy (non-hydrogen) atoms. The number of methoxy groups -OCH3 is 1. The summed E-state index contributed by atoms with van der Waals surface area (Å²) in [4.78, 5) is 0. The topological polar surface area (TPSA) is 18.0 Å². The van der Waals surface area contributed by atoms with E-state index in [0.29, 0.717) is 23.4 Å². The quantitative estimate of drug-likeness (QED) is 0.208.